The summed E-state index contributed by atoms with van der Waals surface area (Å²) in [4.78, 5) is 12.7. The van der Waals surface area contributed by atoms with Gasteiger partial charge in [-0.25, -0.2) is 8.42 Å². The number of aliphatic carboxylic acids is 1. The smallest absolute Gasteiger partial charge is 0.321 e. The van der Waals surface area contributed by atoms with Gasteiger partial charge < -0.3 is 5.11 Å². The number of carboxylic acid groups (broad SMARTS) is 1. The summed E-state index contributed by atoms with van der Waals surface area (Å²) in [5.41, 5.74) is 0. The summed E-state index contributed by atoms with van der Waals surface area (Å²) in [6.07, 6.45) is 0. The molecule has 116 valence electrons. The maximum absolute atomic E-state index is 12.0. The molecule has 22 heavy (non-hydrogen) atoms. The lowest BCUT2D eigenvalue weighted by atomic mass is 10.4. The maximum atomic E-state index is 12.0. The Kier molecular flexibility index (Phi) is 5.23. The molecule has 0 aliphatic rings. The summed E-state index contributed by atoms with van der Waals surface area (Å²) < 4.78 is 26.2. The first kappa shape index (κ1) is 16.5. The van der Waals surface area contributed by atoms with E-state index in [0.29, 0.717) is 0 Å². The van der Waals surface area contributed by atoms with Crippen molar-refractivity contribution in [2.24, 2.45) is 0 Å². The van der Waals surface area contributed by atoms with Crippen LogP contribution < -0.4 is 4.72 Å². The van der Waals surface area contributed by atoms with Gasteiger partial charge in [-0.05, 0) is 43.3 Å². The number of carboxylic acids is 1. The zero-order valence-electron chi connectivity index (χ0n) is 11.8. The van der Waals surface area contributed by atoms with Gasteiger partial charge in [0, 0.05) is 9.79 Å². The molecule has 0 heterocycles. The Morgan fingerprint density at radius 3 is 2.14 bits per heavy atom. The number of rotatable bonds is 6. The molecule has 0 aliphatic heterocycles. The van der Waals surface area contributed by atoms with Crippen LogP contribution in [0.4, 0.5) is 0 Å². The number of hydrogen-bond acceptors (Lipinski definition) is 4. The standard InChI is InChI=1S/C15H15NO4S2/c1-11(15(17)18)16-22(19,20)14-9-7-13(8-10-14)21-12-5-3-2-4-6-12/h2-11,16H,1H3,(H,17,18)/t11-/m1/s1. The fraction of sp³-hybridized carbons (Fsp3) is 0.133. The second kappa shape index (κ2) is 6.95. The zero-order valence-corrected chi connectivity index (χ0v) is 13.4. The van der Waals surface area contributed by atoms with E-state index >= 15 is 0 Å². The van der Waals surface area contributed by atoms with Gasteiger partial charge in [0.25, 0.3) is 0 Å². The molecule has 0 aliphatic carbocycles. The summed E-state index contributed by atoms with van der Waals surface area (Å²) >= 11 is 1.52. The average molecular weight is 337 g/mol. The van der Waals surface area contributed by atoms with Gasteiger partial charge in [-0.2, -0.15) is 4.72 Å². The van der Waals surface area contributed by atoms with Crippen molar-refractivity contribution in [2.45, 2.75) is 27.7 Å². The number of sulfonamides is 1. The van der Waals surface area contributed by atoms with Crippen LogP contribution in [0.5, 0.6) is 0 Å². The molecule has 2 rings (SSSR count). The molecule has 0 radical (unpaired) electrons. The second-order valence-corrected chi connectivity index (χ2v) is 7.43. The lowest BCUT2D eigenvalue weighted by Gasteiger charge is -2.10. The third kappa shape index (κ3) is 4.33. The van der Waals surface area contributed by atoms with Gasteiger partial charge >= 0.3 is 5.97 Å². The minimum absolute atomic E-state index is 0.0398. The number of carbonyl (C=O) groups is 1. The molecule has 0 fully saturated rings. The van der Waals surface area contributed by atoms with E-state index in [0.717, 1.165) is 9.79 Å². The fourth-order valence-electron chi connectivity index (χ4n) is 1.66. The average Bonchev–Trinajstić information content (AvgIpc) is 2.48. The van der Waals surface area contributed by atoms with Crippen molar-refractivity contribution >= 4 is 27.8 Å². The highest BCUT2D eigenvalue weighted by Crippen LogP contribution is 2.28. The van der Waals surface area contributed by atoms with Crippen LogP contribution in [0.2, 0.25) is 0 Å². The van der Waals surface area contributed by atoms with Gasteiger partial charge in [0.1, 0.15) is 6.04 Å². The monoisotopic (exact) mass is 337 g/mol. The minimum atomic E-state index is -3.83. The Hall–Kier alpha value is -1.83. The highest BCUT2D eigenvalue weighted by Gasteiger charge is 2.21. The van der Waals surface area contributed by atoms with Gasteiger partial charge in [0.2, 0.25) is 10.0 Å². The first-order chi connectivity index (χ1) is 10.4. The van der Waals surface area contributed by atoms with Gasteiger partial charge in [-0.3, -0.25) is 4.79 Å². The molecule has 0 saturated carbocycles. The Balaban J connectivity index is 2.13. The van der Waals surface area contributed by atoms with Crippen molar-refractivity contribution in [1.29, 1.82) is 0 Å². The Labute approximate surface area is 133 Å². The molecule has 2 aromatic rings. The Morgan fingerprint density at radius 2 is 1.59 bits per heavy atom. The molecule has 5 nitrogen and oxygen atoms in total. The van der Waals surface area contributed by atoms with Gasteiger partial charge in [0.15, 0.2) is 0 Å². The lowest BCUT2D eigenvalue weighted by Crippen LogP contribution is -2.38. The molecule has 0 saturated heterocycles. The van der Waals surface area contributed by atoms with E-state index in [2.05, 4.69) is 4.72 Å². The third-order valence-corrected chi connectivity index (χ3v) is 5.39. The van der Waals surface area contributed by atoms with Crippen LogP contribution in [0, 0.1) is 0 Å². The Bertz CT molecular complexity index is 743. The number of hydrogen-bond donors (Lipinski definition) is 2. The fourth-order valence-corrected chi connectivity index (χ4v) is 3.70. The zero-order chi connectivity index (χ0) is 16.2. The van der Waals surface area contributed by atoms with Gasteiger partial charge in [0.05, 0.1) is 4.90 Å². The second-order valence-electron chi connectivity index (χ2n) is 4.57. The van der Waals surface area contributed by atoms with Crippen molar-refractivity contribution < 1.29 is 18.3 Å². The van der Waals surface area contributed by atoms with E-state index in [1.54, 1.807) is 12.1 Å². The summed E-state index contributed by atoms with van der Waals surface area (Å²) in [7, 11) is -3.83. The first-order valence-electron chi connectivity index (χ1n) is 6.46. The normalized spacial score (nSPS) is 12.8. The van der Waals surface area contributed by atoms with E-state index in [1.807, 2.05) is 30.3 Å². The largest absolute Gasteiger partial charge is 0.480 e. The molecule has 0 aromatic heterocycles. The van der Waals surface area contributed by atoms with Crippen LogP contribution in [0.25, 0.3) is 0 Å². The highest BCUT2D eigenvalue weighted by molar-refractivity contribution is 7.99. The van der Waals surface area contributed by atoms with Crippen LogP contribution in [-0.2, 0) is 14.8 Å². The van der Waals surface area contributed by atoms with Crippen LogP contribution in [-0.4, -0.2) is 25.5 Å². The summed E-state index contributed by atoms with van der Waals surface area (Å²) in [6.45, 7) is 1.28. The molecule has 2 aromatic carbocycles. The molecular weight excluding hydrogens is 322 g/mol. The molecular formula is C15H15NO4S2. The predicted molar refractivity (Wildman–Crippen MR) is 84.4 cm³/mol. The first-order valence-corrected chi connectivity index (χ1v) is 8.76. The van der Waals surface area contributed by atoms with E-state index in [9.17, 15) is 13.2 Å². The van der Waals surface area contributed by atoms with Crippen molar-refractivity contribution in [1.82, 2.24) is 4.72 Å². The van der Waals surface area contributed by atoms with Gasteiger partial charge in [-0.1, -0.05) is 30.0 Å². The predicted octanol–water partition coefficient (Wildman–Crippen LogP) is 2.59. The summed E-state index contributed by atoms with van der Waals surface area (Å²) in [5, 5.41) is 8.77. The number of benzene rings is 2. The van der Waals surface area contributed by atoms with E-state index in [1.165, 1.54) is 30.8 Å². The van der Waals surface area contributed by atoms with Crippen molar-refractivity contribution in [3.05, 3.63) is 54.6 Å². The number of nitrogens with one attached hydrogen (secondary N) is 1. The van der Waals surface area contributed by atoms with Gasteiger partial charge in [-0.15, -0.1) is 0 Å². The molecule has 0 spiro atoms. The molecule has 2 N–H and O–H groups in total. The lowest BCUT2D eigenvalue weighted by molar-refractivity contribution is -0.138. The molecule has 0 bridgehead atoms. The van der Waals surface area contributed by atoms with E-state index < -0.39 is 22.0 Å². The van der Waals surface area contributed by atoms with E-state index in [-0.39, 0.29) is 4.90 Å². The van der Waals surface area contributed by atoms with Crippen LogP contribution in [0.3, 0.4) is 0 Å². The van der Waals surface area contributed by atoms with Crippen LogP contribution in [0.15, 0.2) is 69.3 Å². The topological polar surface area (TPSA) is 83.5 Å². The molecule has 1 atom stereocenters. The highest BCUT2D eigenvalue weighted by atomic mass is 32.2. The maximum Gasteiger partial charge on any atom is 0.321 e. The van der Waals surface area contributed by atoms with Crippen molar-refractivity contribution in [2.75, 3.05) is 0 Å². The molecule has 0 unspecified atom stereocenters. The summed E-state index contributed by atoms with van der Waals surface area (Å²) in [5.74, 6) is -1.22. The third-order valence-electron chi connectivity index (χ3n) is 2.82. The van der Waals surface area contributed by atoms with Crippen molar-refractivity contribution in [3.63, 3.8) is 0 Å². The molecule has 0 amide bonds. The minimum Gasteiger partial charge on any atom is -0.480 e. The van der Waals surface area contributed by atoms with E-state index in [4.69, 9.17) is 5.11 Å². The van der Waals surface area contributed by atoms with Crippen LogP contribution in [0.1, 0.15) is 6.92 Å². The summed E-state index contributed by atoms with van der Waals surface area (Å²) in [6, 6.07) is 14.8. The van der Waals surface area contributed by atoms with Crippen molar-refractivity contribution in [3.8, 4) is 0 Å². The van der Waals surface area contributed by atoms with Crippen LogP contribution >= 0.6 is 11.8 Å². The quantitative estimate of drug-likeness (QED) is 0.846. The molecule has 7 heteroatoms. The Morgan fingerprint density at radius 1 is 1.05 bits per heavy atom. The SMILES string of the molecule is C[C@@H](NS(=O)(=O)c1ccc(Sc2ccccc2)cc1)C(=O)O.